The standard InChI is InChI=1S/C18H33NO2/c1-17(2)14-6-8-18(17,3)16(12-14)21-11-7-15(20)13-19-9-4-5-10-19/h14-16,20H,4-13H2,1-3H3/t14-,15+,16-,18-/m1/s1. The van der Waals surface area contributed by atoms with Gasteiger partial charge >= 0.3 is 0 Å². The molecule has 1 N–H and O–H groups in total. The van der Waals surface area contributed by atoms with Crippen LogP contribution in [0.15, 0.2) is 0 Å². The highest BCUT2D eigenvalue weighted by atomic mass is 16.5. The van der Waals surface area contributed by atoms with Crippen LogP contribution in [0.2, 0.25) is 0 Å². The Bertz CT molecular complexity index is 364. The molecule has 3 aliphatic rings. The van der Waals surface area contributed by atoms with Gasteiger partial charge in [-0.3, -0.25) is 0 Å². The molecule has 2 bridgehead atoms. The number of hydrogen-bond donors (Lipinski definition) is 1. The molecule has 0 aromatic rings. The third-order valence-electron chi connectivity index (χ3n) is 7.15. The summed E-state index contributed by atoms with van der Waals surface area (Å²) in [5, 5.41) is 10.2. The van der Waals surface area contributed by atoms with Gasteiger partial charge in [0.05, 0.1) is 12.2 Å². The van der Waals surface area contributed by atoms with Crippen LogP contribution in [0.4, 0.5) is 0 Å². The molecule has 122 valence electrons. The number of nitrogens with zero attached hydrogens (tertiary/aromatic N) is 1. The molecular formula is C18H33NO2. The monoisotopic (exact) mass is 295 g/mol. The summed E-state index contributed by atoms with van der Waals surface area (Å²) in [5.41, 5.74) is 0.767. The number of fused-ring (bicyclic) bond motifs is 2. The van der Waals surface area contributed by atoms with Crippen LogP contribution in [0.5, 0.6) is 0 Å². The Morgan fingerprint density at radius 1 is 1.24 bits per heavy atom. The van der Waals surface area contributed by atoms with E-state index in [0.717, 1.165) is 38.6 Å². The number of hydrogen-bond acceptors (Lipinski definition) is 3. The van der Waals surface area contributed by atoms with Crippen molar-refractivity contribution in [3.8, 4) is 0 Å². The quantitative estimate of drug-likeness (QED) is 0.817. The molecular weight excluding hydrogens is 262 g/mol. The van der Waals surface area contributed by atoms with E-state index >= 15 is 0 Å². The summed E-state index contributed by atoms with van der Waals surface area (Å²) < 4.78 is 6.23. The van der Waals surface area contributed by atoms with E-state index in [9.17, 15) is 5.11 Å². The van der Waals surface area contributed by atoms with Crippen molar-refractivity contribution in [1.29, 1.82) is 0 Å². The van der Waals surface area contributed by atoms with E-state index in [-0.39, 0.29) is 6.10 Å². The maximum absolute atomic E-state index is 10.2. The lowest BCUT2D eigenvalue weighted by Crippen LogP contribution is -2.38. The van der Waals surface area contributed by atoms with Crippen LogP contribution < -0.4 is 0 Å². The lowest BCUT2D eigenvalue weighted by atomic mass is 9.70. The lowest BCUT2D eigenvalue weighted by molar-refractivity contribution is -0.0561. The van der Waals surface area contributed by atoms with E-state index in [0.29, 0.717) is 16.9 Å². The Balaban J connectivity index is 1.42. The maximum Gasteiger partial charge on any atom is 0.0689 e. The molecule has 3 heteroatoms. The Labute approximate surface area is 130 Å². The average molecular weight is 295 g/mol. The third kappa shape index (κ3) is 2.77. The van der Waals surface area contributed by atoms with Crippen LogP contribution in [0.3, 0.4) is 0 Å². The van der Waals surface area contributed by atoms with Gasteiger partial charge < -0.3 is 14.7 Å². The van der Waals surface area contributed by atoms with Crippen molar-refractivity contribution in [2.45, 2.75) is 71.5 Å². The summed E-state index contributed by atoms with van der Waals surface area (Å²) in [7, 11) is 0. The predicted octanol–water partition coefficient (Wildman–Crippen LogP) is 3.06. The number of aliphatic hydroxyl groups is 1. The molecule has 1 saturated heterocycles. The second-order valence-corrected chi connectivity index (χ2v) is 8.42. The van der Waals surface area contributed by atoms with Crippen LogP contribution in [0.1, 0.15) is 59.3 Å². The van der Waals surface area contributed by atoms with Gasteiger partial charge in [-0.05, 0) is 68.4 Å². The first-order chi connectivity index (χ1) is 9.93. The van der Waals surface area contributed by atoms with Crippen LogP contribution in [0.25, 0.3) is 0 Å². The molecule has 21 heavy (non-hydrogen) atoms. The van der Waals surface area contributed by atoms with E-state index < -0.39 is 0 Å². The van der Waals surface area contributed by atoms with Crippen LogP contribution in [-0.4, -0.2) is 48.5 Å². The first-order valence-corrected chi connectivity index (χ1v) is 8.95. The van der Waals surface area contributed by atoms with Crippen molar-refractivity contribution >= 4 is 0 Å². The molecule has 0 amide bonds. The van der Waals surface area contributed by atoms with Gasteiger partial charge in [-0.1, -0.05) is 20.8 Å². The normalized spacial score (nSPS) is 40.0. The predicted molar refractivity (Wildman–Crippen MR) is 85.3 cm³/mol. The van der Waals surface area contributed by atoms with Gasteiger partial charge in [0, 0.05) is 13.2 Å². The molecule has 3 fully saturated rings. The van der Waals surface area contributed by atoms with Crippen molar-refractivity contribution < 1.29 is 9.84 Å². The molecule has 4 atom stereocenters. The summed E-state index contributed by atoms with van der Waals surface area (Å²) in [4.78, 5) is 2.38. The Kier molecular flexibility index (Phi) is 4.37. The molecule has 0 aromatic heterocycles. The van der Waals surface area contributed by atoms with Gasteiger partial charge in [0.15, 0.2) is 0 Å². The molecule has 1 heterocycles. The van der Waals surface area contributed by atoms with Crippen molar-refractivity contribution in [3.05, 3.63) is 0 Å². The number of β-amino-alcohol motifs (C(OH)–C–C–N with tert-alkyl or cyclic N) is 1. The topological polar surface area (TPSA) is 32.7 Å². The largest absolute Gasteiger partial charge is 0.392 e. The minimum atomic E-state index is -0.220. The highest BCUT2D eigenvalue weighted by Gasteiger charge is 2.61. The summed E-state index contributed by atoms with van der Waals surface area (Å²) in [6.45, 7) is 11.2. The van der Waals surface area contributed by atoms with Crippen molar-refractivity contribution in [2.24, 2.45) is 16.7 Å². The van der Waals surface area contributed by atoms with E-state index in [1.807, 2.05) is 0 Å². The lowest BCUT2D eigenvalue weighted by Gasteiger charge is -2.39. The molecule has 0 radical (unpaired) electrons. The molecule has 2 aliphatic carbocycles. The third-order valence-corrected chi connectivity index (χ3v) is 7.15. The summed E-state index contributed by atoms with van der Waals surface area (Å²) in [6.07, 6.45) is 7.47. The minimum absolute atomic E-state index is 0.220. The summed E-state index contributed by atoms with van der Waals surface area (Å²) in [6, 6.07) is 0. The van der Waals surface area contributed by atoms with Gasteiger partial charge in [-0.25, -0.2) is 0 Å². The zero-order chi connectivity index (χ0) is 15.1. The number of ether oxygens (including phenoxy) is 1. The molecule has 0 aromatic carbocycles. The maximum atomic E-state index is 10.2. The molecule has 1 aliphatic heterocycles. The number of aliphatic hydroxyl groups excluding tert-OH is 1. The highest BCUT2D eigenvalue weighted by Crippen LogP contribution is 2.66. The van der Waals surface area contributed by atoms with E-state index in [2.05, 4.69) is 25.7 Å². The zero-order valence-corrected chi connectivity index (χ0v) is 14.1. The smallest absolute Gasteiger partial charge is 0.0689 e. The van der Waals surface area contributed by atoms with Gasteiger partial charge in [0.1, 0.15) is 0 Å². The van der Waals surface area contributed by atoms with E-state index in [1.165, 1.54) is 32.1 Å². The Morgan fingerprint density at radius 3 is 2.52 bits per heavy atom. The second-order valence-electron chi connectivity index (χ2n) is 8.42. The fourth-order valence-corrected chi connectivity index (χ4v) is 5.08. The SMILES string of the molecule is CC1(C)[C@@H]2CC[C@]1(C)[C@H](OCC[C@H](O)CN1CCCC1)C2. The fourth-order valence-electron chi connectivity index (χ4n) is 5.08. The summed E-state index contributed by atoms with van der Waals surface area (Å²) in [5.74, 6) is 0.835. The molecule has 3 rings (SSSR count). The summed E-state index contributed by atoms with van der Waals surface area (Å²) >= 11 is 0. The average Bonchev–Trinajstić information content (AvgIpc) is 3.04. The minimum Gasteiger partial charge on any atom is -0.392 e. The number of rotatable bonds is 6. The van der Waals surface area contributed by atoms with Crippen LogP contribution in [0, 0.1) is 16.7 Å². The van der Waals surface area contributed by atoms with Gasteiger partial charge in [-0.2, -0.15) is 0 Å². The first kappa shape index (κ1) is 15.8. The Hall–Kier alpha value is -0.120. The molecule has 3 nitrogen and oxygen atoms in total. The molecule has 0 unspecified atom stereocenters. The van der Waals surface area contributed by atoms with Gasteiger partial charge in [-0.15, -0.1) is 0 Å². The van der Waals surface area contributed by atoms with Crippen molar-refractivity contribution in [3.63, 3.8) is 0 Å². The first-order valence-electron chi connectivity index (χ1n) is 8.95. The Morgan fingerprint density at radius 2 is 1.95 bits per heavy atom. The highest BCUT2D eigenvalue weighted by molar-refractivity contribution is 5.11. The van der Waals surface area contributed by atoms with Crippen molar-refractivity contribution in [1.82, 2.24) is 4.90 Å². The van der Waals surface area contributed by atoms with E-state index in [1.54, 1.807) is 0 Å². The molecule has 2 saturated carbocycles. The van der Waals surface area contributed by atoms with Gasteiger partial charge in [0.2, 0.25) is 0 Å². The van der Waals surface area contributed by atoms with E-state index in [4.69, 9.17) is 4.74 Å². The van der Waals surface area contributed by atoms with Crippen LogP contribution in [-0.2, 0) is 4.74 Å². The van der Waals surface area contributed by atoms with Crippen LogP contribution >= 0.6 is 0 Å². The van der Waals surface area contributed by atoms with Gasteiger partial charge in [0.25, 0.3) is 0 Å². The second kappa shape index (κ2) is 5.82. The number of likely N-dealkylation sites (tertiary alicyclic amines) is 1. The zero-order valence-electron chi connectivity index (χ0n) is 14.1. The fraction of sp³-hybridized carbons (Fsp3) is 1.00. The molecule has 0 spiro atoms. The van der Waals surface area contributed by atoms with Crippen molar-refractivity contribution in [2.75, 3.05) is 26.2 Å².